The van der Waals surface area contributed by atoms with Gasteiger partial charge < -0.3 is 14.7 Å². The maximum atomic E-state index is 7.82. The molecule has 0 heterocycles. The van der Waals surface area contributed by atoms with Crippen molar-refractivity contribution in [3.05, 3.63) is 235 Å². The zero-order chi connectivity index (χ0) is 39.7. The van der Waals surface area contributed by atoms with Gasteiger partial charge in [0.25, 0.3) is 0 Å². The lowest BCUT2D eigenvalue weighted by Crippen LogP contribution is -2.17. The number of allylic oxidation sites excluding steroid dienone is 7. The second-order valence-electron chi connectivity index (χ2n) is 14.1. The van der Waals surface area contributed by atoms with Gasteiger partial charge in [0.15, 0.2) is 0 Å². The molecule has 8 rings (SSSR count). The second kappa shape index (κ2) is 18.0. The van der Waals surface area contributed by atoms with Crippen molar-refractivity contribution in [3.8, 4) is 11.1 Å². The van der Waals surface area contributed by atoms with Gasteiger partial charge >= 0.3 is 0 Å². The maximum Gasteiger partial charge on any atom is 0.0887 e. The molecule has 0 saturated carbocycles. The van der Waals surface area contributed by atoms with E-state index in [9.17, 15) is 0 Å². The minimum Gasteiger partial charge on any atom is -0.311 e. The normalized spacial score (nSPS) is 12.7. The minimum absolute atomic E-state index is 0.629. The third-order valence-corrected chi connectivity index (χ3v) is 10.7. The van der Waals surface area contributed by atoms with E-state index >= 15 is 0 Å². The molecule has 7 aromatic rings. The highest BCUT2D eigenvalue weighted by Crippen LogP contribution is 2.48. The highest BCUT2D eigenvalue weighted by atomic mass is 35.5. The summed E-state index contributed by atoms with van der Waals surface area (Å²) in [5, 5.41) is 0.629. The highest BCUT2D eigenvalue weighted by Gasteiger charge is 2.24. The zero-order valence-electron chi connectivity index (χ0n) is 32.9. The Balaban J connectivity index is 1.30. The standard InChI is InChI=1S/C54H46ClN3/c1-3-21-41(4-2)43-24-17-32-48(38-43)58(49-33-18-25-44(39-49)42-22-9-5-10-23-42)53-37-20-36-52(54(53)55)57(47-30-15-8-16-31-47)51-35-19-34-50(40-51)56(45-26-11-6-12-27-45)46-28-13-7-14-29-46/h3-6,8-13,15-40H,7,14H2,1-2H3/b21-3-,41-4+. The molecule has 284 valence electrons. The molecule has 0 amide bonds. The van der Waals surface area contributed by atoms with Crippen molar-refractivity contribution >= 4 is 62.7 Å². The Hall–Kier alpha value is -6.81. The van der Waals surface area contributed by atoms with Crippen LogP contribution in [0.15, 0.2) is 224 Å². The third-order valence-electron chi connectivity index (χ3n) is 10.4. The number of rotatable bonds is 12. The fourth-order valence-electron chi connectivity index (χ4n) is 7.66. The first kappa shape index (κ1) is 38.1. The van der Waals surface area contributed by atoms with Gasteiger partial charge in [0.2, 0.25) is 0 Å². The molecule has 0 N–H and O–H groups in total. The number of para-hydroxylation sites is 2. The molecule has 0 aromatic heterocycles. The summed E-state index contributed by atoms with van der Waals surface area (Å²) in [4.78, 5) is 6.88. The van der Waals surface area contributed by atoms with Gasteiger partial charge in [-0.2, -0.15) is 0 Å². The Labute approximate surface area is 348 Å². The second-order valence-corrected chi connectivity index (χ2v) is 14.5. The lowest BCUT2D eigenvalue weighted by molar-refractivity contribution is 0.997. The average molecular weight is 772 g/mol. The number of anilines is 8. The summed E-state index contributed by atoms with van der Waals surface area (Å²) in [5.41, 5.74) is 13.6. The van der Waals surface area contributed by atoms with Crippen LogP contribution in [0.3, 0.4) is 0 Å². The van der Waals surface area contributed by atoms with Crippen molar-refractivity contribution in [2.75, 3.05) is 14.7 Å². The molecule has 0 spiro atoms. The van der Waals surface area contributed by atoms with E-state index < -0.39 is 0 Å². The first-order valence-electron chi connectivity index (χ1n) is 19.9. The Bertz CT molecular complexity index is 2610. The van der Waals surface area contributed by atoms with E-state index in [0.717, 1.165) is 86.3 Å². The third kappa shape index (κ3) is 8.18. The molecule has 0 aliphatic heterocycles. The molecular weight excluding hydrogens is 726 g/mol. The van der Waals surface area contributed by atoms with E-state index in [2.05, 4.69) is 247 Å². The fraction of sp³-hybridized carbons (Fsp3) is 0.0741. The van der Waals surface area contributed by atoms with Crippen LogP contribution in [0.25, 0.3) is 16.7 Å². The monoisotopic (exact) mass is 771 g/mol. The quantitative estimate of drug-likeness (QED) is 0.115. The summed E-state index contributed by atoms with van der Waals surface area (Å²) in [5.74, 6) is 0. The molecule has 7 aromatic carbocycles. The molecule has 0 unspecified atom stereocenters. The molecule has 0 fully saturated rings. The molecular formula is C54H46ClN3. The number of benzene rings is 7. The van der Waals surface area contributed by atoms with Gasteiger partial charge in [0.1, 0.15) is 0 Å². The van der Waals surface area contributed by atoms with Crippen LogP contribution in [-0.2, 0) is 0 Å². The maximum absolute atomic E-state index is 7.82. The summed E-state index contributed by atoms with van der Waals surface area (Å²) in [7, 11) is 0. The van der Waals surface area contributed by atoms with Crippen LogP contribution in [0.2, 0.25) is 5.02 Å². The molecule has 1 aliphatic rings. The van der Waals surface area contributed by atoms with Crippen LogP contribution in [0, 0.1) is 0 Å². The van der Waals surface area contributed by atoms with Gasteiger partial charge in [-0.25, -0.2) is 0 Å². The van der Waals surface area contributed by atoms with Gasteiger partial charge in [-0.3, -0.25) is 0 Å². The van der Waals surface area contributed by atoms with Gasteiger partial charge in [0.05, 0.1) is 16.4 Å². The summed E-state index contributed by atoms with van der Waals surface area (Å²) in [6, 6.07) is 64.1. The predicted octanol–water partition coefficient (Wildman–Crippen LogP) is 16.3. The number of halogens is 1. The van der Waals surface area contributed by atoms with E-state index in [1.165, 1.54) is 0 Å². The van der Waals surface area contributed by atoms with Gasteiger partial charge in [0, 0.05) is 39.8 Å². The molecule has 0 atom stereocenters. The lowest BCUT2D eigenvalue weighted by atomic mass is 10.0. The largest absolute Gasteiger partial charge is 0.311 e. The van der Waals surface area contributed by atoms with E-state index in [1.807, 2.05) is 0 Å². The topological polar surface area (TPSA) is 9.72 Å². The Morgan fingerprint density at radius 2 is 0.983 bits per heavy atom. The van der Waals surface area contributed by atoms with Crippen LogP contribution >= 0.6 is 11.6 Å². The first-order valence-corrected chi connectivity index (χ1v) is 20.3. The summed E-state index contributed by atoms with van der Waals surface area (Å²) >= 11 is 7.82. The van der Waals surface area contributed by atoms with E-state index in [-0.39, 0.29) is 0 Å². The van der Waals surface area contributed by atoms with Crippen molar-refractivity contribution in [1.29, 1.82) is 0 Å². The van der Waals surface area contributed by atoms with Crippen LogP contribution in [0.1, 0.15) is 32.3 Å². The minimum atomic E-state index is 0.629. The average Bonchev–Trinajstić information content (AvgIpc) is 3.29. The molecule has 0 saturated heterocycles. The van der Waals surface area contributed by atoms with Crippen molar-refractivity contribution in [2.45, 2.75) is 26.7 Å². The van der Waals surface area contributed by atoms with Crippen molar-refractivity contribution in [1.82, 2.24) is 0 Å². The van der Waals surface area contributed by atoms with E-state index in [1.54, 1.807) is 0 Å². The number of nitrogens with zero attached hydrogens (tertiary/aromatic N) is 3. The van der Waals surface area contributed by atoms with Crippen LogP contribution in [0.4, 0.5) is 45.5 Å². The van der Waals surface area contributed by atoms with Crippen molar-refractivity contribution in [3.63, 3.8) is 0 Å². The fourth-order valence-corrected chi connectivity index (χ4v) is 7.96. The molecule has 0 radical (unpaired) electrons. The predicted molar refractivity (Wildman–Crippen MR) is 250 cm³/mol. The van der Waals surface area contributed by atoms with E-state index in [0.29, 0.717) is 5.02 Å². The van der Waals surface area contributed by atoms with Gasteiger partial charge in [-0.15, -0.1) is 0 Å². The van der Waals surface area contributed by atoms with Gasteiger partial charge in [-0.1, -0.05) is 145 Å². The Morgan fingerprint density at radius 1 is 0.483 bits per heavy atom. The summed E-state index contributed by atoms with van der Waals surface area (Å²) in [6.45, 7) is 4.14. The Morgan fingerprint density at radius 3 is 1.60 bits per heavy atom. The van der Waals surface area contributed by atoms with Crippen molar-refractivity contribution < 1.29 is 0 Å². The SMILES string of the molecule is C/C=C\C(=C/C)c1cccc(N(c2cccc(-c3ccccc3)c2)c2cccc(N(c3ccccc3)c3cccc(N(C4=CCCC=C4)c4ccccc4)c3)c2Cl)c1. The van der Waals surface area contributed by atoms with Crippen LogP contribution in [0.5, 0.6) is 0 Å². The Kier molecular flexibility index (Phi) is 11.8. The molecule has 3 nitrogen and oxygen atoms in total. The van der Waals surface area contributed by atoms with Crippen LogP contribution < -0.4 is 14.7 Å². The molecule has 58 heavy (non-hydrogen) atoms. The highest BCUT2D eigenvalue weighted by molar-refractivity contribution is 6.36. The first-order chi connectivity index (χ1) is 28.6. The van der Waals surface area contributed by atoms with Crippen LogP contribution in [-0.4, -0.2) is 0 Å². The zero-order valence-corrected chi connectivity index (χ0v) is 33.7. The molecule has 0 bridgehead atoms. The van der Waals surface area contributed by atoms with E-state index in [4.69, 9.17) is 11.6 Å². The van der Waals surface area contributed by atoms with Gasteiger partial charge in [-0.05, 0) is 134 Å². The number of hydrogen-bond donors (Lipinski definition) is 0. The summed E-state index contributed by atoms with van der Waals surface area (Å²) in [6.07, 6.45) is 15.2. The molecule has 1 aliphatic carbocycles. The smallest absolute Gasteiger partial charge is 0.0887 e. The summed E-state index contributed by atoms with van der Waals surface area (Å²) < 4.78 is 0. The number of hydrogen-bond acceptors (Lipinski definition) is 3. The molecule has 4 heteroatoms. The van der Waals surface area contributed by atoms with Crippen molar-refractivity contribution in [2.24, 2.45) is 0 Å². The lowest BCUT2D eigenvalue weighted by Gasteiger charge is -2.32.